The van der Waals surface area contributed by atoms with Crippen molar-refractivity contribution in [1.82, 2.24) is 0 Å². The van der Waals surface area contributed by atoms with Gasteiger partial charge in [0.25, 0.3) is 0 Å². The summed E-state index contributed by atoms with van der Waals surface area (Å²) in [4.78, 5) is 0.240. The smallest absolute Gasteiger partial charge is 0.208 e. The van der Waals surface area contributed by atoms with E-state index >= 15 is 0 Å². The number of alkyl halides is 1. The highest BCUT2D eigenvalue weighted by Gasteiger charge is 2.50. The molecular formula is C12H13BrO2. The molecule has 0 bridgehead atoms. The molecule has 80 valence electrons. The van der Waals surface area contributed by atoms with Gasteiger partial charge in [-0.15, -0.1) is 0 Å². The molecule has 1 aliphatic carbocycles. The zero-order chi connectivity index (χ0) is 10.5. The van der Waals surface area contributed by atoms with Crippen molar-refractivity contribution >= 4 is 15.9 Å². The van der Waals surface area contributed by atoms with Gasteiger partial charge in [0.05, 0.1) is 18.0 Å². The predicted molar refractivity (Wildman–Crippen MR) is 61.2 cm³/mol. The molecule has 1 fully saturated rings. The van der Waals surface area contributed by atoms with E-state index in [2.05, 4.69) is 41.1 Å². The standard InChI is InChI=1S/C12H13BrO2/c1-8-2-3-9-7-11(13)12(10(9)6-8)14-4-5-15-12/h2-3,6,11H,4-5,7H2,1H3. The molecule has 0 amide bonds. The minimum atomic E-state index is -0.513. The first-order chi connectivity index (χ1) is 7.22. The van der Waals surface area contributed by atoms with E-state index in [1.54, 1.807) is 0 Å². The predicted octanol–water partition coefficient (Wildman–Crippen LogP) is 2.51. The van der Waals surface area contributed by atoms with E-state index in [9.17, 15) is 0 Å². The third kappa shape index (κ3) is 1.30. The van der Waals surface area contributed by atoms with E-state index in [1.807, 2.05) is 0 Å². The van der Waals surface area contributed by atoms with Crippen molar-refractivity contribution in [1.29, 1.82) is 0 Å². The van der Waals surface area contributed by atoms with Gasteiger partial charge in [-0.25, -0.2) is 0 Å². The summed E-state index contributed by atoms with van der Waals surface area (Å²) in [6.07, 6.45) is 0.982. The second-order valence-corrected chi connectivity index (χ2v) is 5.30. The van der Waals surface area contributed by atoms with Gasteiger partial charge in [0.2, 0.25) is 5.79 Å². The molecule has 1 unspecified atom stereocenters. The van der Waals surface area contributed by atoms with Crippen LogP contribution in [-0.2, 0) is 21.7 Å². The van der Waals surface area contributed by atoms with E-state index < -0.39 is 5.79 Å². The average Bonchev–Trinajstić information content (AvgIpc) is 2.78. The Morgan fingerprint density at radius 1 is 1.33 bits per heavy atom. The van der Waals surface area contributed by atoms with Gasteiger partial charge in [0, 0.05) is 5.56 Å². The summed E-state index contributed by atoms with van der Waals surface area (Å²) >= 11 is 3.68. The minimum Gasteiger partial charge on any atom is -0.343 e. The molecule has 1 aliphatic heterocycles. The molecule has 1 spiro atoms. The summed E-state index contributed by atoms with van der Waals surface area (Å²) in [5, 5.41) is 0. The highest BCUT2D eigenvalue weighted by Crippen LogP contribution is 2.47. The van der Waals surface area contributed by atoms with Crippen molar-refractivity contribution < 1.29 is 9.47 Å². The number of ether oxygens (including phenoxy) is 2. The number of fused-ring (bicyclic) bond motifs is 2. The molecule has 2 aliphatic rings. The Morgan fingerprint density at radius 2 is 2.07 bits per heavy atom. The lowest BCUT2D eigenvalue weighted by atomic mass is 10.0. The van der Waals surface area contributed by atoms with Crippen LogP contribution in [-0.4, -0.2) is 18.0 Å². The van der Waals surface area contributed by atoms with Gasteiger partial charge in [0.15, 0.2) is 0 Å². The van der Waals surface area contributed by atoms with Gasteiger partial charge in [-0.3, -0.25) is 0 Å². The zero-order valence-electron chi connectivity index (χ0n) is 8.63. The fraction of sp³-hybridized carbons (Fsp3) is 0.500. The second kappa shape index (κ2) is 3.30. The maximum Gasteiger partial charge on any atom is 0.208 e. The number of halogens is 1. The third-order valence-electron chi connectivity index (χ3n) is 3.17. The molecule has 1 saturated heterocycles. The summed E-state index contributed by atoms with van der Waals surface area (Å²) < 4.78 is 11.7. The summed E-state index contributed by atoms with van der Waals surface area (Å²) in [7, 11) is 0. The summed E-state index contributed by atoms with van der Waals surface area (Å²) in [6.45, 7) is 3.48. The van der Waals surface area contributed by atoms with Gasteiger partial charge in [-0.05, 0) is 18.9 Å². The van der Waals surface area contributed by atoms with Crippen molar-refractivity contribution in [2.45, 2.75) is 24.0 Å². The topological polar surface area (TPSA) is 18.5 Å². The zero-order valence-corrected chi connectivity index (χ0v) is 10.2. The number of hydrogen-bond acceptors (Lipinski definition) is 2. The molecule has 1 heterocycles. The highest BCUT2D eigenvalue weighted by molar-refractivity contribution is 9.09. The minimum absolute atomic E-state index is 0.240. The maximum atomic E-state index is 5.83. The highest BCUT2D eigenvalue weighted by atomic mass is 79.9. The van der Waals surface area contributed by atoms with Crippen LogP contribution in [0.5, 0.6) is 0 Å². The van der Waals surface area contributed by atoms with E-state index in [0.29, 0.717) is 13.2 Å². The molecular weight excluding hydrogens is 256 g/mol. The van der Waals surface area contributed by atoms with Gasteiger partial charge < -0.3 is 9.47 Å². The van der Waals surface area contributed by atoms with Crippen molar-refractivity contribution in [2.75, 3.05) is 13.2 Å². The van der Waals surface area contributed by atoms with Crippen LogP contribution in [0.3, 0.4) is 0 Å². The van der Waals surface area contributed by atoms with Gasteiger partial charge in [0.1, 0.15) is 0 Å². The Labute approximate surface area is 97.7 Å². The molecule has 0 radical (unpaired) electrons. The van der Waals surface area contributed by atoms with E-state index in [-0.39, 0.29) is 4.83 Å². The Balaban J connectivity index is 2.15. The Bertz CT molecular complexity index is 397. The van der Waals surface area contributed by atoms with Crippen molar-refractivity contribution in [3.05, 3.63) is 34.9 Å². The second-order valence-electron chi connectivity index (χ2n) is 4.20. The first-order valence-electron chi connectivity index (χ1n) is 5.24. The molecule has 2 nitrogen and oxygen atoms in total. The summed E-state index contributed by atoms with van der Waals surface area (Å²) in [6, 6.07) is 6.51. The first-order valence-corrected chi connectivity index (χ1v) is 6.16. The summed E-state index contributed by atoms with van der Waals surface area (Å²) in [5.74, 6) is -0.513. The van der Waals surface area contributed by atoms with Crippen LogP contribution in [0, 0.1) is 6.92 Å². The Kier molecular flexibility index (Phi) is 2.16. The lowest BCUT2D eigenvalue weighted by Gasteiger charge is -2.26. The van der Waals surface area contributed by atoms with Crippen LogP contribution >= 0.6 is 15.9 Å². The van der Waals surface area contributed by atoms with Crippen LogP contribution in [0.1, 0.15) is 16.7 Å². The van der Waals surface area contributed by atoms with Crippen molar-refractivity contribution in [3.63, 3.8) is 0 Å². The lowest BCUT2D eigenvalue weighted by molar-refractivity contribution is -0.157. The molecule has 15 heavy (non-hydrogen) atoms. The van der Waals surface area contributed by atoms with Crippen LogP contribution < -0.4 is 0 Å². The fourth-order valence-corrected chi connectivity index (χ4v) is 3.31. The molecule has 1 atom stereocenters. The van der Waals surface area contributed by atoms with E-state index in [1.165, 1.54) is 16.7 Å². The molecule has 0 aromatic heterocycles. The average molecular weight is 269 g/mol. The molecule has 1 aromatic rings. The molecule has 0 saturated carbocycles. The third-order valence-corrected chi connectivity index (χ3v) is 4.10. The summed E-state index contributed by atoms with van der Waals surface area (Å²) in [5.41, 5.74) is 3.81. The quantitative estimate of drug-likeness (QED) is 0.674. The molecule has 3 heteroatoms. The molecule has 1 aromatic carbocycles. The number of rotatable bonds is 0. The van der Waals surface area contributed by atoms with Gasteiger partial charge in [-0.1, -0.05) is 39.7 Å². The van der Waals surface area contributed by atoms with E-state index in [0.717, 1.165) is 6.42 Å². The van der Waals surface area contributed by atoms with Crippen LogP contribution in [0.2, 0.25) is 0 Å². The van der Waals surface area contributed by atoms with Crippen molar-refractivity contribution in [3.8, 4) is 0 Å². The normalized spacial score (nSPS) is 27.2. The Morgan fingerprint density at radius 3 is 2.80 bits per heavy atom. The monoisotopic (exact) mass is 268 g/mol. The first kappa shape index (κ1) is 9.82. The Hall–Kier alpha value is -0.380. The number of benzene rings is 1. The fourth-order valence-electron chi connectivity index (χ4n) is 2.45. The number of hydrogen-bond donors (Lipinski definition) is 0. The van der Waals surface area contributed by atoms with Crippen LogP contribution in [0.4, 0.5) is 0 Å². The van der Waals surface area contributed by atoms with Gasteiger partial charge >= 0.3 is 0 Å². The SMILES string of the molecule is Cc1ccc2c(c1)C1(OCCO1)C(Br)C2. The van der Waals surface area contributed by atoms with Crippen molar-refractivity contribution in [2.24, 2.45) is 0 Å². The van der Waals surface area contributed by atoms with Gasteiger partial charge in [-0.2, -0.15) is 0 Å². The van der Waals surface area contributed by atoms with E-state index in [4.69, 9.17) is 9.47 Å². The maximum absolute atomic E-state index is 5.83. The van der Waals surface area contributed by atoms with Crippen LogP contribution in [0.25, 0.3) is 0 Å². The molecule has 0 N–H and O–H groups in total. The largest absolute Gasteiger partial charge is 0.343 e. The lowest BCUT2D eigenvalue weighted by Crippen LogP contribution is -2.33. The number of aryl methyl sites for hydroxylation is 1. The van der Waals surface area contributed by atoms with Crippen LogP contribution in [0.15, 0.2) is 18.2 Å². The molecule has 3 rings (SSSR count).